The average Bonchev–Trinajstić information content (AvgIpc) is 3.09. The number of likely N-dealkylation sites (N-methyl/N-ethyl adjacent to an activating group) is 1. The lowest BCUT2D eigenvalue weighted by Crippen LogP contribution is -2.47. The Kier molecular flexibility index (Phi) is 4.24. The van der Waals surface area contributed by atoms with Gasteiger partial charge in [0.15, 0.2) is 0 Å². The summed E-state index contributed by atoms with van der Waals surface area (Å²) in [6, 6.07) is 7.39. The molecule has 0 bridgehead atoms. The number of hydrogen-bond acceptors (Lipinski definition) is 2. The van der Waals surface area contributed by atoms with Crippen LogP contribution in [0.3, 0.4) is 0 Å². The zero-order valence-electron chi connectivity index (χ0n) is 12.6. The Labute approximate surface area is 125 Å². The molecule has 1 aromatic rings. The van der Waals surface area contributed by atoms with Gasteiger partial charge in [-0.15, -0.1) is 0 Å². The largest absolute Gasteiger partial charge is 0.338 e. The Morgan fingerprint density at radius 1 is 1.19 bits per heavy atom. The molecule has 0 spiro atoms. The van der Waals surface area contributed by atoms with Crippen molar-refractivity contribution in [2.45, 2.75) is 44.2 Å². The van der Waals surface area contributed by atoms with Crippen LogP contribution < -0.4 is 0 Å². The monoisotopic (exact) mass is 290 g/mol. The van der Waals surface area contributed by atoms with Crippen molar-refractivity contribution >= 4 is 5.91 Å². The molecule has 2 aliphatic heterocycles. The van der Waals surface area contributed by atoms with E-state index in [1.54, 1.807) is 18.2 Å². The van der Waals surface area contributed by atoms with Gasteiger partial charge in [0.05, 0.1) is 6.42 Å². The third-order valence-corrected chi connectivity index (χ3v) is 4.94. The molecule has 2 unspecified atom stereocenters. The van der Waals surface area contributed by atoms with Crippen molar-refractivity contribution in [1.82, 2.24) is 9.80 Å². The van der Waals surface area contributed by atoms with Crippen molar-refractivity contribution in [3.8, 4) is 0 Å². The second-order valence-corrected chi connectivity index (χ2v) is 6.26. The topological polar surface area (TPSA) is 23.6 Å². The van der Waals surface area contributed by atoms with Gasteiger partial charge in [-0.05, 0) is 50.9 Å². The molecule has 1 amide bonds. The fourth-order valence-electron chi connectivity index (χ4n) is 3.83. The van der Waals surface area contributed by atoms with E-state index in [1.165, 1.54) is 18.9 Å². The van der Waals surface area contributed by atoms with E-state index in [1.807, 2.05) is 4.90 Å². The first-order chi connectivity index (χ1) is 10.2. The summed E-state index contributed by atoms with van der Waals surface area (Å²) in [5, 5.41) is 0. The summed E-state index contributed by atoms with van der Waals surface area (Å²) in [6.45, 7) is 1.94. The van der Waals surface area contributed by atoms with Crippen LogP contribution in [0.15, 0.2) is 24.3 Å². The van der Waals surface area contributed by atoms with Crippen LogP contribution in [0.5, 0.6) is 0 Å². The van der Waals surface area contributed by atoms with Crippen molar-refractivity contribution in [2.75, 3.05) is 20.1 Å². The quantitative estimate of drug-likeness (QED) is 0.854. The summed E-state index contributed by atoms with van der Waals surface area (Å²) in [6.07, 6.45) is 4.72. The van der Waals surface area contributed by atoms with Gasteiger partial charge in [0, 0.05) is 18.6 Å². The molecule has 0 radical (unpaired) electrons. The molecule has 0 aromatic heterocycles. The first-order valence-electron chi connectivity index (χ1n) is 7.90. The van der Waals surface area contributed by atoms with E-state index < -0.39 is 0 Å². The highest BCUT2D eigenvalue weighted by Crippen LogP contribution is 2.29. The Hall–Kier alpha value is -1.42. The highest BCUT2D eigenvalue weighted by molar-refractivity contribution is 5.79. The van der Waals surface area contributed by atoms with Crippen LogP contribution in [0, 0.1) is 5.82 Å². The Morgan fingerprint density at radius 2 is 1.90 bits per heavy atom. The minimum atomic E-state index is -0.278. The maximum atomic E-state index is 13.7. The van der Waals surface area contributed by atoms with Gasteiger partial charge in [-0.25, -0.2) is 4.39 Å². The molecule has 2 fully saturated rings. The standard InChI is InChI=1S/C17H23FN2O/c1-19-10-4-8-15(19)16-9-5-11-20(16)17(21)12-13-6-2-3-7-14(13)18/h2-3,6-7,15-16H,4-5,8-12H2,1H3. The molecule has 4 heteroatoms. The van der Waals surface area contributed by atoms with Crippen LogP contribution in [0.25, 0.3) is 0 Å². The molecule has 0 aliphatic carbocycles. The average molecular weight is 290 g/mol. The lowest BCUT2D eigenvalue weighted by atomic mass is 10.0. The van der Waals surface area contributed by atoms with Crippen molar-refractivity contribution in [1.29, 1.82) is 0 Å². The molecule has 0 N–H and O–H groups in total. The van der Waals surface area contributed by atoms with Crippen LogP contribution in [-0.4, -0.2) is 47.9 Å². The summed E-state index contributed by atoms with van der Waals surface area (Å²) >= 11 is 0. The molecule has 3 rings (SSSR count). The Bertz CT molecular complexity index is 519. The van der Waals surface area contributed by atoms with Gasteiger partial charge in [-0.2, -0.15) is 0 Å². The minimum absolute atomic E-state index is 0.0721. The minimum Gasteiger partial charge on any atom is -0.338 e. The number of rotatable bonds is 3. The van der Waals surface area contributed by atoms with E-state index >= 15 is 0 Å². The maximum absolute atomic E-state index is 13.7. The van der Waals surface area contributed by atoms with Crippen molar-refractivity contribution in [3.05, 3.63) is 35.6 Å². The molecule has 21 heavy (non-hydrogen) atoms. The van der Waals surface area contributed by atoms with Gasteiger partial charge in [0.2, 0.25) is 5.91 Å². The smallest absolute Gasteiger partial charge is 0.227 e. The van der Waals surface area contributed by atoms with Crippen LogP contribution in [0.4, 0.5) is 4.39 Å². The first kappa shape index (κ1) is 14.5. The predicted octanol–water partition coefficient (Wildman–Crippen LogP) is 2.45. The second-order valence-electron chi connectivity index (χ2n) is 6.26. The van der Waals surface area contributed by atoms with Gasteiger partial charge >= 0.3 is 0 Å². The highest BCUT2D eigenvalue weighted by Gasteiger charge is 2.38. The van der Waals surface area contributed by atoms with Crippen LogP contribution >= 0.6 is 0 Å². The maximum Gasteiger partial charge on any atom is 0.227 e. The van der Waals surface area contributed by atoms with Gasteiger partial charge in [-0.3, -0.25) is 4.79 Å². The lowest BCUT2D eigenvalue weighted by molar-refractivity contribution is -0.132. The highest BCUT2D eigenvalue weighted by atomic mass is 19.1. The van der Waals surface area contributed by atoms with E-state index in [-0.39, 0.29) is 18.1 Å². The fourth-order valence-corrected chi connectivity index (χ4v) is 3.83. The molecule has 2 saturated heterocycles. The number of carbonyl (C=O) groups excluding carboxylic acids is 1. The summed E-state index contributed by atoms with van der Waals surface area (Å²) in [7, 11) is 2.15. The number of likely N-dealkylation sites (tertiary alicyclic amines) is 2. The van der Waals surface area contributed by atoms with Crippen LogP contribution in [-0.2, 0) is 11.2 Å². The number of hydrogen-bond donors (Lipinski definition) is 0. The van der Waals surface area contributed by atoms with E-state index in [4.69, 9.17) is 0 Å². The molecule has 2 atom stereocenters. The zero-order chi connectivity index (χ0) is 14.8. The van der Waals surface area contributed by atoms with Crippen molar-refractivity contribution in [3.63, 3.8) is 0 Å². The molecular formula is C17H23FN2O. The molecule has 3 nitrogen and oxygen atoms in total. The molecule has 114 valence electrons. The third-order valence-electron chi connectivity index (χ3n) is 4.94. The Morgan fingerprint density at radius 3 is 2.62 bits per heavy atom. The van der Waals surface area contributed by atoms with E-state index in [0.29, 0.717) is 17.6 Å². The summed E-state index contributed by atoms with van der Waals surface area (Å²) in [5.74, 6) is -0.206. The number of nitrogens with zero attached hydrogens (tertiary/aromatic N) is 2. The van der Waals surface area contributed by atoms with Gasteiger partial charge in [-0.1, -0.05) is 18.2 Å². The molecule has 1 aromatic carbocycles. The third kappa shape index (κ3) is 2.95. The second kappa shape index (κ2) is 6.14. The van der Waals surface area contributed by atoms with Crippen molar-refractivity contribution in [2.24, 2.45) is 0 Å². The molecular weight excluding hydrogens is 267 g/mol. The number of carbonyl (C=O) groups is 1. The summed E-state index contributed by atoms with van der Waals surface area (Å²) in [5.41, 5.74) is 0.507. The number of halogens is 1. The molecule has 2 heterocycles. The van der Waals surface area contributed by atoms with Gasteiger partial charge < -0.3 is 9.80 Å². The molecule has 2 aliphatic rings. The fraction of sp³-hybridized carbons (Fsp3) is 0.588. The SMILES string of the molecule is CN1CCCC1C1CCCN1C(=O)Cc1ccccc1F. The summed E-state index contributed by atoms with van der Waals surface area (Å²) < 4.78 is 13.7. The van der Waals surface area contributed by atoms with Gasteiger partial charge in [0.25, 0.3) is 0 Å². The predicted molar refractivity (Wildman–Crippen MR) is 80.5 cm³/mol. The normalized spacial score (nSPS) is 26.5. The zero-order valence-corrected chi connectivity index (χ0v) is 12.6. The van der Waals surface area contributed by atoms with E-state index in [9.17, 15) is 9.18 Å². The van der Waals surface area contributed by atoms with E-state index in [0.717, 1.165) is 25.9 Å². The number of amides is 1. The summed E-state index contributed by atoms with van der Waals surface area (Å²) in [4.78, 5) is 17.0. The van der Waals surface area contributed by atoms with Gasteiger partial charge in [0.1, 0.15) is 5.82 Å². The number of benzene rings is 1. The van der Waals surface area contributed by atoms with Crippen LogP contribution in [0.1, 0.15) is 31.2 Å². The van der Waals surface area contributed by atoms with E-state index in [2.05, 4.69) is 11.9 Å². The lowest BCUT2D eigenvalue weighted by Gasteiger charge is -2.33. The van der Waals surface area contributed by atoms with Crippen molar-refractivity contribution < 1.29 is 9.18 Å². The first-order valence-corrected chi connectivity index (χ1v) is 7.90. The Balaban J connectivity index is 1.70. The molecule has 0 saturated carbocycles. The van der Waals surface area contributed by atoms with Crippen LogP contribution in [0.2, 0.25) is 0 Å².